The fraction of sp³-hybridized carbons (Fsp3) is 0.333. The summed E-state index contributed by atoms with van der Waals surface area (Å²) >= 11 is 13.0. The molecule has 0 bridgehead atoms. The van der Waals surface area contributed by atoms with Crippen LogP contribution in [0.15, 0.2) is 41.2 Å². The van der Waals surface area contributed by atoms with E-state index in [4.69, 9.17) is 27.7 Å². The quantitative estimate of drug-likeness (QED) is 0.302. The number of piperidine rings is 1. The van der Waals surface area contributed by atoms with E-state index in [9.17, 15) is 9.90 Å². The molecule has 2 aliphatic rings. The maximum absolute atomic E-state index is 11.5. The minimum Gasteiger partial charge on any atom is -0.478 e. The van der Waals surface area contributed by atoms with Gasteiger partial charge in [0.05, 0.1) is 21.0 Å². The van der Waals surface area contributed by atoms with Crippen LogP contribution in [0, 0.1) is 5.92 Å². The predicted molar refractivity (Wildman–Crippen MR) is 143 cm³/mol. The lowest BCUT2D eigenvalue weighted by molar-refractivity contribution is 0.0698. The van der Waals surface area contributed by atoms with Gasteiger partial charge < -0.3 is 19.1 Å². The SMILES string of the molecule is Cn1cc(C(=O)O)c2cnc(N3CCC(/C=C/c4c(-c5c(Cl)cccc5Cl)noc4C4CC4)CC3)nc21. The third-order valence-electron chi connectivity index (χ3n) is 7.19. The summed E-state index contributed by atoms with van der Waals surface area (Å²) in [6.07, 6.45) is 11.6. The molecule has 4 aromatic rings. The summed E-state index contributed by atoms with van der Waals surface area (Å²) in [5.41, 5.74) is 3.19. The highest BCUT2D eigenvalue weighted by molar-refractivity contribution is 6.39. The standard InChI is InChI=1S/C27H25Cl2N5O3/c1-33-14-19(26(35)36)18-13-30-27(31-25(18)33)34-11-9-15(10-12-34)5-8-17-23(32-37-24(17)16-6-7-16)22-20(28)3-2-4-21(22)29/h2-5,8,13-16H,6-7,9-12H2,1H3,(H,35,36)/b8-5+. The van der Waals surface area contributed by atoms with Crippen molar-refractivity contribution >= 4 is 52.2 Å². The van der Waals surface area contributed by atoms with E-state index in [0.29, 0.717) is 50.1 Å². The molecule has 1 N–H and O–H groups in total. The Morgan fingerprint density at radius 2 is 1.89 bits per heavy atom. The van der Waals surface area contributed by atoms with E-state index in [1.54, 1.807) is 24.0 Å². The lowest BCUT2D eigenvalue weighted by Gasteiger charge is -2.30. The van der Waals surface area contributed by atoms with Gasteiger partial charge in [-0.25, -0.2) is 9.78 Å². The largest absolute Gasteiger partial charge is 0.478 e. The Labute approximate surface area is 223 Å². The van der Waals surface area contributed by atoms with Crippen LogP contribution < -0.4 is 4.90 Å². The molecule has 4 heterocycles. The second-order valence-corrected chi connectivity index (χ2v) is 10.5. The van der Waals surface area contributed by atoms with Crippen LogP contribution in [0.25, 0.3) is 28.4 Å². The smallest absolute Gasteiger partial charge is 0.337 e. The van der Waals surface area contributed by atoms with Gasteiger partial charge in [0, 0.05) is 49.6 Å². The molecule has 2 fully saturated rings. The number of aromatic nitrogens is 4. The molecule has 0 amide bonds. The van der Waals surface area contributed by atoms with Gasteiger partial charge >= 0.3 is 5.97 Å². The first-order valence-electron chi connectivity index (χ1n) is 12.3. The molecule has 10 heteroatoms. The lowest BCUT2D eigenvalue weighted by atomic mass is 9.94. The van der Waals surface area contributed by atoms with Crippen LogP contribution >= 0.6 is 23.2 Å². The molecule has 0 atom stereocenters. The molecule has 3 aromatic heterocycles. The summed E-state index contributed by atoms with van der Waals surface area (Å²) in [6, 6.07) is 5.45. The monoisotopic (exact) mass is 537 g/mol. The second-order valence-electron chi connectivity index (χ2n) is 9.73. The summed E-state index contributed by atoms with van der Waals surface area (Å²) in [4.78, 5) is 22.8. The number of rotatable bonds is 6. The van der Waals surface area contributed by atoms with Crippen LogP contribution in [0.2, 0.25) is 10.0 Å². The maximum Gasteiger partial charge on any atom is 0.337 e. The molecular formula is C27H25Cl2N5O3. The van der Waals surface area contributed by atoms with Crippen molar-refractivity contribution in [2.75, 3.05) is 18.0 Å². The number of aromatic carboxylic acids is 1. The van der Waals surface area contributed by atoms with Gasteiger partial charge in [-0.15, -0.1) is 0 Å². The molecule has 6 rings (SSSR count). The Kier molecular flexibility index (Phi) is 6.16. The van der Waals surface area contributed by atoms with E-state index in [-0.39, 0.29) is 5.56 Å². The molecule has 0 unspecified atom stereocenters. The molecular weight excluding hydrogens is 513 g/mol. The number of nitrogens with zero attached hydrogens (tertiary/aromatic N) is 5. The predicted octanol–water partition coefficient (Wildman–Crippen LogP) is 6.44. The van der Waals surface area contributed by atoms with Crippen molar-refractivity contribution in [3.05, 3.63) is 63.6 Å². The second kappa shape index (κ2) is 9.50. The Balaban J connectivity index is 1.20. The number of hydrogen-bond acceptors (Lipinski definition) is 6. The third-order valence-corrected chi connectivity index (χ3v) is 7.82. The van der Waals surface area contributed by atoms with Crippen LogP contribution in [-0.4, -0.2) is 43.9 Å². The van der Waals surface area contributed by atoms with Gasteiger partial charge in [-0.2, -0.15) is 4.98 Å². The van der Waals surface area contributed by atoms with Crippen molar-refractivity contribution in [3.8, 4) is 11.3 Å². The van der Waals surface area contributed by atoms with E-state index >= 15 is 0 Å². The van der Waals surface area contributed by atoms with Gasteiger partial charge in [-0.1, -0.05) is 46.6 Å². The number of carboxylic acids is 1. The van der Waals surface area contributed by atoms with Crippen LogP contribution in [0.5, 0.6) is 0 Å². The van der Waals surface area contributed by atoms with Gasteiger partial charge in [0.2, 0.25) is 5.95 Å². The number of carboxylic acid groups (broad SMARTS) is 1. The lowest BCUT2D eigenvalue weighted by Crippen LogP contribution is -2.34. The fourth-order valence-electron chi connectivity index (χ4n) is 5.01. The molecule has 1 saturated heterocycles. The summed E-state index contributed by atoms with van der Waals surface area (Å²) in [6.45, 7) is 1.61. The van der Waals surface area contributed by atoms with Crippen molar-refractivity contribution in [2.24, 2.45) is 13.0 Å². The minimum atomic E-state index is -0.979. The Morgan fingerprint density at radius 3 is 2.57 bits per heavy atom. The first-order chi connectivity index (χ1) is 17.9. The average Bonchev–Trinajstić information content (AvgIpc) is 3.57. The van der Waals surface area contributed by atoms with Crippen LogP contribution in [-0.2, 0) is 7.05 Å². The van der Waals surface area contributed by atoms with E-state index in [0.717, 1.165) is 50.1 Å². The number of carbonyl (C=O) groups is 1. The number of aryl methyl sites for hydroxylation is 1. The number of hydrogen-bond donors (Lipinski definition) is 1. The number of fused-ring (bicyclic) bond motifs is 1. The summed E-state index contributed by atoms with van der Waals surface area (Å²) in [7, 11) is 1.80. The summed E-state index contributed by atoms with van der Waals surface area (Å²) in [5, 5.41) is 15.4. The highest BCUT2D eigenvalue weighted by Gasteiger charge is 2.33. The van der Waals surface area contributed by atoms with Crippen molar-refractivity contribution in [2.45, 2.75) is 31.6 Å². The highest BCUT2D eigenvalue weighted by atomic mass is 35.5. The first-order valence-corrected chi connectivity index (χ1v) is 13.1. The third kappa shape index (κ3) is 4.49. The first kappa shape index (κ1) is 24.0. The number of allylic oxidation sites excluding steroid dienone is 1. The van der Waals surface area contributed by atoms with E-state index < -0.39 is 5.97 Å². The zero-order valence-corrected chi connectivity index (χ0v) is 21.7. The Bertz CT molecular complexity index is 1510. The van der Waals surface area contributed by atoms with E-state index in [1.165, 1.54) is 0 Å². The summed E-state index contributed by atoms with van der Waals surface area (Å²) in [5.74, 6) is 1.33. The van der Waals surface area contributed by atoms with Crippen LogP contribution in [0.3, 0.4) is 0 Å². The van der Waals surface area contributed by atoms with Crippen molar-refractivity contribution in [1.29, 1.82) is 0 Å². The summed E-state index contributed by atoms with van der Waals surface area (Å²) < 4.78 is 7.51. The van der Waals surface area contributed by atoms with Gasteiger partial charge in [0.15, 0.2) is 0 Å². The normalized spacial score (nSPS) is 16.8. The molecule has 1 aliphatic heterocycles. The topological polar surface area (TPSA) is 97.3 Å². The van der Waals surface area contributed by atoms with E-state index in [2.05, 4.69) is 32.2 Å². The highest BCUT2D eigenvalue weighted by Crippen LogP contribution is 2.46. The maximum atomic E-state index is 11.5. The van der Waals surface area contributed by atoms with Gasteiger partial charge in [-0.3, -0.25) is 0 Å². The molecule has 0 spiro atoms. The molecule has 0 radical (unpaired) electrons. The van der Waals surface area contributed by atoms with Crippen LogP contribution in [0.4, 0.5) is 5.95 Å². The molecule has 1 aliphatic carbocycles. The Morgan fingerprint density at radius 1 is 1.16 bits per heavy atom. The molecule has 1 aromatic carbocycles. The zero-order chi connectivity index (χ0) is 25.7. The molecule has 8 nitrogen and oxygen atoms in total. The van der Waals surface area contributed by atoms with Crippen molar-refractivity contribution in [1.82, 2.24) is 19.7 Å². The van der Waals surface area contributed by atoms with Crippen molar-refractivity contribution < 1.29 is 14.4 Å². The van der Waals surface area contributed by atoms with Gasteiger partial charge in [-0.05, 0) is 43.7 Å². The molecule has 37 heavy (non-hydrogen) atoms. The van der Waals surface area contributed by atoms with Crippen molar-refractivity contribution in [3.63, 3.8) is 0 Å². The van der Waals surface area contributed by atoms with Gasteiger partial charge in [0.1, 0.15) is 17.1 Å². The minimum absolute atomic E-state index is 0.213. The number of anilines is 1. The fourth-order valence-corrected chi connectivity index (χ4v) is 5.59. The zero-order valence-electron chi connectivity index (χ0n) is 20.2. The number of benzene rings is 1. The average molecular weight is 538 g/mol. The molecule has 1 saturated carbocycles. The van der Waals surface area contributed by atoms with E-state index in [1.807, 2.05) is 18.2 Å². The number of halogens is 2. The molecule has 190 valence electrons. The Hall–Kier alpha value is -3.36. The van der Waals surface area contributed by atoms with Gasteiger partial charge in [0.25, 0.3) is 0 Å². The van der Waals surface area contributed by atoms with Crippen LogP contribution in [0.1, 0.15) is 53.3 Å².